The Hall–Kier alpha value is -0.570. The summed E-state index contributed by atoms with van der Waals surface area (Å²) in [5, 5.41) is 3.22. The van der Waals surface area contributed by atoms with Crippen molar-refractivity contribution in [1.29, 1.82) is 0 Å². The summed E-state index contributed by atoms with van der Waals surface area (Å²) >= 11 is 0. The monoisotopic (exact) mass is 238 g/mol. The number of nitrogens with one attached hydrogen (secondary N) is 1. The number of rotatable bonds is 2. The molecule has 3 heteroatoms. The summed E-state index contributed by atoms with van der Waals surface area (Å²) in [5.74, 6) is 0.271. The summed E-state index contributed by atoms with van der Waals surface area (Å²) in [6, 6.07) is 0.463. The number of hydrogen-bond donors (Lipinski definition) is 2. The highest BCUT2D eigenvalue weighted by Gasteiger charge is 2.34. The molecule has 0 spiro atoms. The average Bonchev–Trinajstić information content (AvgIpc) is 2.58. The van der Waals surface area contributed by atoms with Gasteiger partial charge < -0.3 is 11.1 Å². The Balaban J connectivity index is 1.84. The zero-order chi connectivity index (χ0) is 12.5. The Morgan fingerprint density at radius 3 is 2.53 bits per heavy atom. The first-order valence-electron chi connectivity index (χ1n) is 7.04. The Kier molecular flexibility index (Phi) is 3.76. The van der Waals surface area contributed by atoms with E-state index in [1.54, 1.807) is 0 Å². The van der Waals surface area contributed by atoms with Gasteiger partial charge in [0.15, 0.2) is 0 Å². The van der Waals surface area contributed by atoms with Gasteiger partial charge in [-0.1, -0.05) is 26.7 Å². The standard InChI is InChI=1S/C14H26N2O/c1-14(2)8-7-10(9-14)16-13(17)11-5-3-4-6-12(11)15/h10-12H,3-9,15H2,1-2H3,(H,16,17). The lowest BCUT2D eigenvalue weighted by Crippen LogP contribution is -2.46. The normalized spacial score (nSPS) is 36.8. The Morgan fingerprint density at radius 1 is 1.24 bits per heavy atom. The predicted molar refractivity (Wildman–Crippen MR) is 69.5 cm³/mol. The van der Waals surface area contributed by atoms with E-state index in [1.165, 1.54) is 12.8 Å². The summed E-state index contributed by atoms with van der Waals surface area (Å²) in [4.78, 5) is 12.2. The molecular formula is C14H26N2O. The molecule has 0 aliphatic heterocycles. The van der Waals surface area contributed by atoms with Gasteiger partial charge in [0.2, 0.25) is 5.91 Å². The van der Waals surface area contributed by atoms with E-state index in [9.17, 15) is 4.79 Å². The maximum Gasteiger partial charge on any atom is 0.224 e. The van der Waals surface area contributed by atoms with Crippen molar-refractivity contribution in [2.24, 2.45) is 17.1 Å². The molecule has 0 bridgehead atoms. The number of nitrogens with two attached hydrogens (primary N) is 1. The first-order chi connectivity index (χ1) is 7.98. The molecule has 2 rings (SSSR count). The van der Waals surface area contributed by atoms with Crippen LogP contribution in [0.1, 0.15) is 58.8 Å². The highest BCUT2D eigenvalue weighted by Crippen LogP contribution is 2.37. The van der Waals surface area contributed by atoms with Crippen LogP contribution in [0.5, 0.6) is 0 Å². The third-order valence-electron chi connectivity index (χ3n) is 4.47. The van der Waals surface area contributed by atoms with Crippen LogP contribution in [0.25, 0.3) is 0 Å². The van der Waals surface area contributed by atoms with Crippen LogP contribution in [-0.2, 0) is 4.79 Å². The minimum atomic E-state index is 0.0625. The molecule has 3 unspecified atom stereocenters. The third kappa shape index (κ3) is 3.21. The second-order valence-corrected chi connectivity index (χ2v) is 6.67. The second kappa shape index (κ2) is 4.97. The van der Waals surface area contributed by atoms with Crippen molar-refractivity contribution in [3.05, 3.63) is 0 Å². The Morgan fingerprint density at radius 2 is 1.94 bits per heavy atom. The van der Waals surface area contributed by atoms with Crippen molar-refractivity contribution in [2.45, 2.75) is 70.9 Å². The van der Waals surface area contributed by atoms with Gasteiger partial charge in [0, 0.05) is 12.1 Å². The molecule has 0 aromatic rings. The van der Waals surface area contributed by atoms with Gasteiger partial charge in [0.1, 0.15) is 0 Å². The van der Waals surface area contributed by atoms with Crippen molar-refractivity contribution < 1.29 is 4.79 Å². The fraction of sp³-hybridized carbons (Fsp3) is 0.929. The summed E-state index contributed by atoms with van der Waals surface area (Å²) in [6.45, 7) is 4.57. The molecule has 2 fully saturated rings. The number of carbonyl (C=O) groups is 1. The lowest BCUT2D eigenvalue weighted by Gasteiger charge is -2.29. The predicted octanol–water partition coefficient (Wildman–Crippen LogP) is 2.20. The molecule has 3 atom stereocenters. The Labute approximate surface area is 105 Å². The maximum atomic E-state index is 12.2. The first-order valence-corrected chi connectivity index (χ1v) is 7.04. The minimum Gasteiger partial charge on any atom is -0.353 e. The number of amides is 1. The lowest BCUT2D eigenvalue weighted by atomic mass is 9.84. The van der Waals surface area contributed by atoms with Crippen LogP contribution in [0.4, 0.5) is 0 Å². The van der Waals surface area contributed by atoms with Crippen LogP contribution in [0, 0.1) is 11.3 Å². The van der Waals surface area contributed by atoms with Crippen molar-refractivity contribution in [3.63, 3.8) is 0 Å². The van der Waals surface area contributed by atoms with Gasteiger partial charge >= 0.3 is 0 Å². The largest absolute Gasteiger partial charge is 0.353 e. The number of hydrogen-bond acceptors (Lipinski definition) is 2. The molecule has 98 valence electrons. The molecule has 2 aliphatic rings. The molecule has 0 saturated heterocycles. The summed E-state index contributed by atoms with van der Waals surface area (Å²) < 4.78 is 0. The molecule has 2 saturated carbocycles. The molecule has 1 amide bonds. The van der Waals surface area contributed by atoms with Gasteiger partial charge in [-0.05, 0) is 37.5 Å². The SMILES string of the molecule is CC1(C)CCC(NC(=O)C2CCCCC2N)C1. The average molecular weight is 238 g/mol. The third-order valence-corrected chi connectivity index (χ3v) is 4.47. The van der Waals surface area contributed by atoms with Crippen molar-refractivity contribution in [3.8, 4) is 0 Å². The smallest absolute Gasteiger partial charge is 0.224 e. The lowest BCUT2D eigenvalue weighted by molar-refractivity contribution is -0.127. The fourth-order valence-electron chi connectivity index (χ4n) is 3.35. The van der Waals surface area contributed by atoms with Gasteiger partial charge in [-0.25, -0.2) is 0 Å². The molecule has 0 aromatic heterocycles. The molecule has 2 aliphatic carbocycles. The summed E-state index contributed by atoms with van der Waals surface area (Å²) in [5.41, 5.74) is 6.44. The quantitative estimate of drug-likeness (QED) is 0.775. The molecule has 0 radical (unpaired) electrons. The fourth-order valence-corrected chi connectivity index (χ4v) is 3.35. The van der Waals surface area contributed by atoms with Gasteiger partial charge in [-0.3, -0.25) is 4.79 Å². The van der Waals surface area contributed by atoms with E-state index in [2.05, 4.69) is 19.2 Å². The zero-order valence-corrected chi connectivity index (χ0v) is 11.2. The van der Waals surface area contributed by atoms with E-state index in [-0.39, 0.29) is 17.9 Å². The molecule has 0 heterocycles. The molecule has 17 heavy (non-hydrogen) atoms. The highest BCUT2D eigenvalue weighted by atomic mass is 16.2. The van der Waals surface area contributed by atoms with E-state index in [0.717, 1.165) is 32.1 Å². The van der Waals surface area contributed by atoms with E-state index in [1.807, 2.05) is 0 Å². The van der Waals surface area contributed by atoms with Gasteiger partial charge in [-0.15, -0.1) is 0 Å². The zero-order valence-electron chi connectivity index (χ0n) is 11.2. The molecule has 0 aromatic carbocycles. The minimum absolute atomic E-state index is 0.0625. The van der Waals surface area contributed by atoms with E-state index in [4.69, 9.17) is 5.73 Å². The maximum absolute atomic E-state index is 12.2. The molecular weight excluding hydrogens is 212 g/mol. The van der Waals surface area contributed by atoms with Crippen molar-refractivity contribution >= 4 is 5.91 Å². The van der Waals surface area contributed by atoms with Gasteiger partial charge in [0.05, 0.1) is 5.92 Å². The van der Waals surface area contributed by atoms with Crippen molar-refractivity contribution in [2.75, 3.05) is 0 Å². The van der Waals surface area contributed by atoms with Gasteiger partial charge in [-0.2, -0.15) is 0 Å². The Bertz CT molecular complexity index is 288. The van der Waals surface area contributed by atoms with Crippen molar-refractivity contribution in [1.82, 2.24) is 5.32 Å². The van der Waals surface area contributed by atoms with E-state index in [0.29, 0.717) is 11.5 Å². The highest BCUT2D eigenvalue weighted by molar-refractivity contribution is 5.79. The molecule has 3 N–H and O–H groups in total. The summed E-state index contributed by atoms with van der Waals surface area (Å²) in [7, 11) is 0. The second-order valence-electron chi connectivity index (χ2n) is 6.67. The number of carbonyl (C=O) groups excluding carboxylic acids is 1. The van der Waals surface area contributed by atoms with Crippen LogP contribution < -0.4 is 11.1 Å². The first kappa shape index (κ1) is 12.9. The van der Waals surface area contributed by atoms with E-state index < -0.39 is 0 Å². The van der Waals surface area contributed by atoms with Crippen LogP contribution in [0.15, 0.2) is 0 Å². The van der Waals surface area contributed by atoms with Crippen LogP contribution in [-0.4, -0.2) is 18.0 Å². The molecule has 3 nitrogen and oxygen atoms in total. The van der Waals surface area contributed by atoms with Crippen LogP contribution in [0.2, 0.25) is 0 Å². The topological polar surface area (TPSA) is 55.1 Å². The van der Waals surface area contributed by atoms with E-state index >= 15 is 0 Å². The van der Waals surface area contributed by atoms with Crippen LogP contribution >= 0.6 is 0 Å². The van der Waals surface area contributed by atoms with Gasteiger partial charge in [0.25, 0.3) is 0 Å². The van der Waals surface area contributed by atoms with Crippen LogP contribution in [0.3, 0.4) is 0 Å². The summed E-state index contributed by atoms with van der Waals surface area (Å²) in [6.07, 6.45) is 7.77.